The van der Waals surface area contributed by atoms with Crippen LogP contribution in [0.4, 0.5) is 0 Å². The number of hydrogen-bond acceptors (Lipinski definition) is 3. The molecular formula is C13H15N3O2. The van der Waals surface area contributed by atoms with Crippen molar-refractivity contribution in [3.05, 3.63) is 48.0 Å². The molecule has 0 aliphatic heterocycles. The lowest BCUT2D eigenvalue weighted by Crippen LogP contribution is -2.37. The van der Waals surface area contributed by atoms with Crippen LogP contribution in [0.3, 0.4) is 0 Å². The molecular weight excluding hydrogens is 230 g/mol. The largest absolute Gasteiger partial charge is 0.344 e. The van der Waals surface area contributed by atoms with E-state index in [9.17, 15) is 9.59 Å². The van der Waals surface area contributed by atoms with Crippen LogP contribution < -0.4 is 10.7 Å². The van der Waals surface area contributed by atoms with E-state index in [0.717, 1.165) is 11.1 Å². The minimum Gasteiger partial charge on any atom is -0.344 e. The number of hydrogen-bond donors (Lipinski definition) is 2. The summed E-state index contributed by atoms with van der Waals surface area (Å²) in [5.41, 5.74) is 4.12. The number of nitrogens with zero attached hydrogens (tertiary/aromatic N) is 1. The fraction of sp³-hybridized carbons (Fsp3) is 0.154. The van der Waals surface area contributed by atoms with Gasteiger partial charge < -0.3 is 5.32 Å². The minimum atomic E-state index is -0.805. The van der Waals surface area contributed by atoms with Crippen LogP contribution in [0.2, 0.25) is 0 Å². The van der Waals surface area contributed by atoms with Crippen molar-refractivity contribution in [1.82, 2.24) is 10.7 Å². The highest BCUT2D eigenvalue weighted by atomic mass is 16.2. The number of nitrogens with one attached hydrogen (secondary N) is 2. The van der Waals surface area contributed by atoms with Crippen molar-refractivity contribution >= 4 is 18.0 Å². The number of hydrazone groups is 1. The number of carbonyl (C=O) groups excluding carboxylic acids is 2. The third-order valence-electron chi connectivity index (χ3n) is 2.07. The topological polar surface area (TPSA) is 70.6 Å². The van der Waals surface area contributed by atoms with E-state index in [1.807, 2.05) is 31.2 Å². The fourth-order valence-corrected chi connectivity index (χ4v) is 1.11. The molecule has 1 aromatic rings. The Labute approximate surface area is 106 Å². The van der Waals surface area contributed by atoms with Crippen LogP contribution in [-0.4, -0.2) is 24.6 Å². The Morgan fingerprint density at radius 1 is 1.28 bits per heavy atom. The fourth-order valence-electron chi connectivity index (χ4n) is 1.11. The van der Waals surface area contributed by atoms with Gasteiger partial charge in [0, 0.05) is 6.54 Å². The predicted octanol–water partition coefficient (Wildman–Crippen LogP) is 0.747. The third kappa shape index (κ3) is 4.61. The van der Waals surface area contributed by atoms with E-state index in [4.69, 9.17) is 0 Å². The van der Waals surface area contributed by atoms with Crippen molar-refractivity contribution in [2.45, 2.75) is 6.92 Å². The summed E-state index contributed by atoms with van der Waals surface area (Å²) in [6.07, 6.45) is 2.96. The van der Waals surface area contributed by atoms with Gasteiger partial charge in [-0.05, 0) is 12.5 Å². The quantitative estimate of drug-likeness (QED) is 0.355. The zero-order valence-corrected chi connectivity index (χ0v) is 10.1. The molecule has 2 amide bonds. The van der Waals surface area contributed by atoms with Crippen LogP contribution in [0.25, 0.3) is 0 Å². The Hall–Kier alpha value is -2.43. The SMILES string of the molecule is C=CCNC(=O)C(=O)N/N=C\c1ccc(C)cc1. The van der Waals surface area contributed by atoms with Crippen molar-refractivity contribution in [2.75, 3.05) is 6.54 Å². The van der Waals surface area contributed by atoms with E-state index < -0.39 is 11.8 Å². The van der Waals surface area contributed by atoms with E-state index in [-0.39, 0.29) is 6.54 Å². The monoisotopic (exact) mass is 245 g/mol. The van der Waals surface area contributed by atoms with Gasteiger partial charge in [-0.25, -0.2) is 5.43 Å². The number of rotatable bonds is 4. The van der Waals surface area contributed by atoms with Gasteiger partial charge >= 0.3 is 11.8 Å². The molecule has 18 heavy (non-hydrogen) atoms. The Morgan fingerprint density at radius 2 is 1.94 bits per heavy atom. The molecule has 1 rings (SSSR count). The average molecular weight is 245 g/mol. The van der Waals surface area contributed by atoms with Gasteiger partial charge in [-0.1, -0.05) is 35.9 Å². The molecule has 0 bridgehead atoms. The average Bonchev–Trinajstić information content (AvgIpc) is 2.38. The number of carbonyl (C=O) groups is 2. The predicted molar refractivity (Wildman–Crippen MR) is 70.1 cm³/mol. The van der Waals surface area contributed by atoms with Crippen LogP contribution in [-0.2, 0) is 9.59 Å². The van der Waals surface area contributed by atoms with Gasteiger partial charge in [-0.2, -0.15) is 5.10 Å². The van der Waals surface area contributed by atoms with Gasteiger partial charge in [-0.15, -0.1) is 6.58 Å². The molecule has 0 heterocycles. The van der Waals surface area contributed by atoms with Gasteiger partial charge in [0.05, 0.1) is 6.21 Å². The van der Waals surface area contributed by atoms with Gasteiger partial charge in [0.15, 0.2) is 0 Å². The van der Waals surface area contributed by atoms with Gasteiger partial charge in [-0.3, -0.25) is 9.59 Å². The molecule has 1 aromatic carbocycles. The number of benzene rings is 1. The van der Waals surface area contributed by atoms with Crippen LogP contribution in [0.5, 0.6) is 0 Å². The number of amides is 2. The van der Waals surface area contributed by atoms with Crippen molar-refractivity contribution in [1.29, 1.82) is 0 Å². The van der Waals surface area contributed by atoms with Crippen molar-refractivity contribution < 1.29 is 9.59 Å². The molecule has 0 unspecified atom stereocenters. The highest BCUT2D eigenvalue weighted by Crippen LogP contribution is 1.99. The second-order valence-corrected chi connectivity index (χ2v) is 3.61. The summed E-state index contributed by atoms with van der Waals surface area (Å²) >= 11 is 0. The molecule has 0 saturated carbocycles. The summed E-state index contributed by atoms with van der Waals surface area (Å²) in [6.45, 7) is 5.65. The highest BCUT2D eigenvalue weighted by molar-refractivity contribution is 6.35. The zero-order valence-electron chi connectivity index (χ0n) is 10.1. The molecule has 0 saturated heterocycles. The minimum absolute atomic E-state index is 0.244. The van der Waals surface area contributed by atoms with E-state index in [1.165, 1.54) is 12.3 Å². The molecule has 2 N–H and O–H groups in total. The van der Waals surface area contributed by atoms with Crippen LogP contribution in [0, 0.1) is 6.92 Å². The molecule has 0 aromatic heterocycles. The van der Waals surface area contributed by atoms with Crippen molar-refractivity contribution in [2.24, 2.45) is 5.10 Å². The van der Waals surface area contributed by atoms with Crippen LogP contribution in [0.15, 0.2) is 42.0 Å². The Balaban J connectivity index is 2.44. The smallest absolute Gasteiger partial charge is 0.329 e. The second-order valence-electron chi connectivity index (χ2n) is 3.61. The first-order valence-electron chi connectivity index (χ1n) is 5.42. The summed E-state index contributed by atoms with van der Waals surface area (Å²) < 4.78 is 0. The molecule has 0 aliphatic rings. The van der Waals surface area contributed by atoms with Gasteiger partial charge in [0.2, 0.25) is 0 Å². The van der Waals surface area contributed by atoms with E-state index in [2.05, 4.69) is 22.4 Å². The lowest BCUT2D eigenvalue weighted by atomic mass is 10.2. The Morgan fingerprint density at radius 3 is 2.56 bits per heavy atom. The Bertz CT molecular complexity index is 464. The molecule has 94 valence electrons. The van der Waals surface area contributed by atoms with Gasteiger partial charge in [0.25, 0.3) is 0 Å². The summed E-state index contributed by atoms with van der Waals surface area (Å²) in [5, 5.41) is 6.03. The van der Waals surface area contributed by atoms with E-state index in [1.54, 1.807) is 0 Å². The molecule has 0 spiro atoms. The molecule has 0 radical (unpaired) electrons. The van der Waals surface area contributed by atoms with Crippen LogP contribution >= 0.6 is 0 Å². The third-order valence-corrected chi connectivity index (χ3v) is 2.07. The first-order valence-corrected chi connectivity index (χ1v) is 5.42. The first-order chi connectivity index (χ1) is 8.63. The zero-order chi connectivity index (χ0) is 13.4. The normalized spacial score (nSPS) is 10.1. The van der Waals surface area contributed by atoms with Crippen molar-refractivity contribution in [3.63, 3.8) is 0 Å². The summed E-state index contributed by atoms with van der Waals surface area (Å²) in [5.74, 6) is -1.55. The Kier molecular flexibility index (Phi) is 5.31. The lowest BCUT2D eigenvalue weighted by molar-refractivity contribution is -0.139. The lowest BCUT2D eigenvalue weighted by Gasteiger charge is -1.99. The molecule has 0 atom stereocenters. The highest BCUT2D eigenvalue weighted by Gasteiger charge is 2.10. The van der Waals surface area contributed by atoms with Crippen molar-refractivity contribution in [3.8, 4) is 0 Å². The standard InChI is InChI=1S/C13H15N3O2/c1-3-8-14-12(17)13(18)16-15-9-11-6-4-10(2)5-7-11/h3-7,9H,1,8H2,2H3,(H,14,17)(H,16,18)/b15-9-. The molecule has 5 nitrogen and oxygen atoms in total. The van der Waals surface area contributed by atoms with E-state index >= 15 is 0 Å². The van der Waals surface area contributed by atoms with Gasteiger partial charge in [0.1, 0.15) is 0 Å². The summed E-state index contributed by atoms with van der Waals surface area (Å²) in [4.78, 5) is 22.4. The number of aryl methyl sites for hydroxylation is 1. The summed E-state index contributed by atoms with van der Waals surface area (Å²) in [6, 6.07) is 7.59. The molecule has 0 aliphatic carbocycles. The maximum atomic E-state index is 11.2. The second kappa shape index (κ2) is 7.01. The van der Waals surface area contributed by atoms with E-state index in [0.29, 0.717) is 0 Å². The first kappa shape index (κ1) is 13.6. The molecule has 5 heteroatoms. The van der Waals surface area contributed by atoms with Crippen LogP contribution in [0.1, 0.15) is 11.1 Å². The summed E-state index contributed by atoms with van der Waals surface area (Å²) in [7, 11) is 0. The maximum Gasteiger partial charge on any atom is 0.329 e. The molecule has 0 fully saturated rings. The maximum absolute atomic E-state index is 11.2.